The SMILES string of the molecule is O=C(O)c1nc2ccccc2n(C2CC3CC[C@@H](C2)N3C(c2ccccc2)c2ccccc2)c1=O. The van der Waals surface area contributed by atoms with Crippen molar-refractivity contribution in [2.75, 3.05) is 0 Å². The third kappa shape index (κ3) is 3.74. The van der Waals surface area contributed by atoms with Crippen LogP contribution in [0.3, 0.4) is 0 Å². The summed E-state index contributed by atoms with van der Waals surface area (Å²) < 4.78 is 1.72. The average molecular weight is 466 g/mol. The standard InChI is InChI=1S/C29H27N3O3/c33-28-26(29(34)35)30-24-13-7-8-14-25(24)32(28)23-17-21-15-16-22(18-23)31(21)27(19-9-3-1-4-10-19)20-11-5-2-6-12-20/h1-14,21-23,27H,15-18H2,(H,34,35)/t21-,22?,23?/m0/s1. The number of nitrogens with zero attached hydrogens (tertiary/aromatic N) is 3. The van der Waals surface area contributed by atoms with Gasteiger partial charge >= 0.3 is 5.97 Å². The summed E-state index contributed by atoms with van der Waals surface area (Å²) in [5.41, 5.74) is 2.90. The maximum Gasteiger partial charge on any atom is 0.360 e. The summed E-state index contributed by atoms with van der Waals surface area (Å²) >= 11 is 0. The Hall–Kier alpha value is -3.77. The van der Waals surface area contributed by atoms with Crippen molar-refractivity contribution in [3.63, 3.8) is 0 Å². The molecule has 0 spiro atoms. The van der Waals surface area contributed by atoms with Crippen molar-refractivity contribution in [1.82, 2.24) is 14.5 Å². The number of aromatic nitrogens is 2. The van der Waals surface area contributed by atoms with Gasteiger partial charge in [-0.05, 0) is 48.9 Å². The summed E-state index contributed by atoms with van der Waals surface area (Å²) in [6.45, 7) is 0. The lowest BCUT2D eigenvalue weighted by Gasteiger charge is -2.44. The molecule has 2 aliphatic rings. The Kier molecular flexibility index (Phi) is 5.46. The Morgan fingerprint density at radius 1 is 0.800 bits per heavy atom. The molecule has 2 fully saturated rings. The predicted molar refractivity (Wildman–Crippen MR) is 135 cm³/mol. The molecule has 0 amide bonds. The molecule has 2 aliphatic heterocycles. The quantitative estimate of drug-likeness (QED) is 0.446. The highest BCUT2D eigenvalue weighted by Crippen LogP contribution is 2.47. The fourth-order valence-corrected chi connectivity index (χ4v) is 6.28. The Morgan fingerprint density at radius 2 is 1.34 bits per heavy atom. The van der Waals surface area contributed by atoms with Gasteiger partial charge in [0.1, 0.15) is 0 Å². The lowest BCUT2D eigenvalue weighted by molar-refractivity contribution is 0.0681. The molecule has 0 aliphatic carbocycles. The second kappa shape index (κ2) is 8.78. The average Bonchev–Trinajstić information content (AvgIpc) is 3.13. The van der Waals surface area contributed by atoms with Gasteiger partial charge in [0.15, 0.2) is 0 Å². The molecular formula is C29H27N3O3. The fourth-order valence-electron chi connectivity index (χ4n) is 6.28. The van der Waals surface area contributed by atoms with E-state index in [-0.39, 0.29) is 12.1 Å². The summed E-state index contributed by atoms with van der Waals surface area (Å²) in [6, 6.07) is 29.3. The number of fused-ring (bicyclic) bond motifs is 3. The van der Waals surface area contributed by atoms with Gasteiger partial charge in [0.25, 0.3) is 5.56 Å². The van der Waals surface area contributed by atoms with Crippen LogP contribution in [0.25, 0.3) is 11.0 Å². The van der Waals surface area contributed by atoms with Gasteiger partial charge in [-0.25, -0.2) is 9.78 Å². The number of rotatable bonds is 5. The largest absolute Gasteiger partial charge is 0.476 e. The Morgan fingerprint density at radius 3 is 1.91 bits per heavy atom. The zero-order valence-corrected chi connectivity index (χ0v) is 19.3. The summed E-state index contributed by atoms with van der Waals surface area (Å²) in [6.07, 6.45) is 3.75. The van der Waals surface area contributed by atoms with Crippen molar-refractivity contribution < 1.29 is 9.90 Å². The van der Waals surface area contributed by atoms with Gasteiger partial charge in [0.05, 0.1) is 17.1 Å². The first-order valence-corrected chi connectivity index (χ1v) is 12.2. The molecule has 1 aromatic heterocycles. The third-order valence-corrected chi connectivity index (χ3v) is 7.66. The molecule has 3 aromatic carbocycles. The molecule has 3 heterocycles. The van der Waals surface area contributed by atoms with Gasteiger partial charge in [-0.1, -0.05) is 72.8 Å². The minimum absolute atomic E-state index is 0.0607. The van der Waals surface area contributed by atoms with Crippen LogP contribution in [0.2, 0.25) is 0 Å². The highest BCUT2D eigenvalue weighted by atomic mass is 16.4. The molecule has 1 N–H and O–H groups in total. The van der Waals surface area contributed by atoms with Gasteiger partial charge in [0.2, 0.25) is 5.69 Å². The minimum atomic E-state index is -1.27. The van der Waals surface area contributed by atoms with Crippen LogP contribution < -0.4 is 5.56 Å². The van der Waals surface area contributed by atoms with Gasteiger partial charge in [-0.15, -0.1) is 0 Å². The maximum absolute atomic E-state index is 13.3. The highest BCUT2D eigenvalue weighted by Gasteiger charge is 2.45. The Labute approximate surface area is 203 Å². The van der Waals surface area contributed by atoms with Crippen LogP contribution in [0.1, 0.15) is 59.4 Å². The van der Waals surface area contributed by atoms with Crippen LogP contribution in [-0.2, 0) is 0 Å². The van der Waals surface area contributed by atoms with Crippen molar-refractivity contribution in [2.45, 2.75) is 49.9 Å². The van der Waals surface area contributed by atoms with Gasteiger partial charge in [-0.3, -0.25) is 9.69 Å². The molecule has 176 valence electrons. The van der Waals surface area contributed by atoms with E-state index in [1.807, 2.05) is 30.3 Å². The smallest absolute Gasteiger partial charge is 0.360 e. The molecule has 0 radical (unpaired) electrons. The van der Waals surface area contributed by atoms with Crippen LogP contribution in [0.4, 0.5) is 0 Å². The first-order valence-electron chi connectivity index (χ1n) is 12.2. The van der Waals surface area contributed by atoms with Crippen LogP contribution in [-0.4, -0.2) is 37.6 Å². The number of carboxylic acid groups (broad SMARTS) is 1. The summed E-state index contributed by atoms with van der Waals surface area (Å²) in [4.78, 5) is 31.9. The first kappa shape index (κ1) is 21.7. The van der Waals surface area contributed by atoms with Crippen molar-refractivity contribution >= 4 is 17.0 Å². The predicted octanol–water partition coefficient (Wildman–Crippen LogP) is 5.05. The number of aromatic carboxylic acids is 1. The van der Waals surface area contributed by atoms with Crippen molar-refractivity contribution in [3.8, 4) is 0 Å². The van der Waals surface area contributed by atoms with E-state index in [9.17, 15) is 14.7 Å². The number of piperidine rings is 1. The van der Waals surface area contributed by atoms with Crippen LogP contribution in [0.5, 0.6) is 0 Å². The van der Waals surface area contributed by atoms with Crippen LogP contribution in [0.15, 0.2) is 89.7 Å². The number of hydrogen-bond donors (Lipinski definition) is 1. The van der Waals surface area contributed by atoms with E-state index in [1.165, 1.54) is 11.1 Å². The van der Waals surface area contributed by atoms with E-state index in [0.29, 0.717) is 23.1 Å². The van der Waals surface area contributed by atoms with Gasteiger partial charge < -0.3 is 9.67 Å². The van der Waals surface area contributed by atoms with E-state index >= 15 is 0 Å². The third-order valence-electron chi connectivity index (χ3n) is 7.66. The molecule has 2 unspecified atom stereocenters. The van der Waals surface area contributed by atoms with Crippen LogP contribution in [0, 0.1) is 0 Å². The van der Waals surface area contributed by atoms with E-state index in [0.717, 1.165) is 25.7 Å². The zero-order chi connectivity index (χ0) is 23.9. The molecule has 6 rings (SSSR count). The number of hydrogen-bond acceptors (Lipinski definition) is 4. The van der Waals surface area contributed by atoms with Gasteiger partial charge in [0, 0.05) is 18.1 Å². The second-order valence-corrected chi connectivity index (χ2v) is 9.61. The Bertz CT molecular complexity index is 1380. The fraction of sp³-hybridized carbons (Fsp3) is 0.276. The molecule has 6 nitrogen and oxygen atoms in total. The Balaban J connectivity index is 1.42. The molecule has 35 heavy (non-hydrogen) atoms. The topological polar surface area (TPSA) is 75.4 Å². The van der Waals surface area contributed by atoms with Crippen LogP contribution >= 0.6 is 0 Å². The summed E-state index contributed by atoms with van der Waals surface area (Å²) in [7, 11) is 0. The normalized spacial score (nSPS) is 22.0. The second-order valence-electron chi connectivity index (χ2n) is 9.61. The van der Waals surface area contributed by atoms with E-state index in [1.54, 1.807) is 10.6 Å². The number of carbonyl (C=O) groups is 1. The number of benzene rings is 3. The maximum atomic E-state index is 13.3. The molecule has 4 aromatic rings. The van der Waals surface area contributed by atoms with E-state index in [2.05, 4.69) is 58.4 Å². The molecule has 3 atom stereocenters. The lowest BCUT2D eigenvalue weighted by atomic mass is 9.89. The zero-order valence-electron chi connectivity index (χ0n) is 19.3. The van der Waals surface area contributed by atoms with Gasteiger partial charge in [-0.2, -0.15) is 0 Å². The molecule has 6 heteroatoms. The molecule has 2 bridgehead atoms. The summed E-state index contributed by atoms with van der Waals surface area (Å²) in [5.74, 6) is -1.27. The van der Waals surface area contributed by atoms with E-state index < -0.39 is 17.2 Å². The monoisotopic (exact) mass is 465 g/mol. The van der Waals surface area contributed by atoms with Crippen molar-refractivity contribution in [3.05, 3.63) is 112 Å². The number of para-hydroxylation sites is 2. The molecule has 0 saturated carbocycles. The first-order chi connectivity index (χ1) is 17.1. The lowest BCUT2D eigenvalue weighted by Crippen LogP contribution is -2.47. The van der Waals surface area contributed by atoms with Crippen molar-refractivity contribution in [1.29, 1.82) is 0 Å². The van der Waals surface area contributed by atoms with E-state index in [4.69, 9.17) is 0 Å². The number of carboxylic acids is 1. The minimum Gasteiger partial charge on any atom is -0.476 e. The molecular weight excluding hydrogens is 438 g/mol. The molecule has 2 saturated heterocycles. The summed E-state index contributed by atoms with van der Waals surface area (Å²) in [5, 5.41) is 9.65. The highest BCUT2D eigenvalue weighted by molar-refractivity contribution is 5.88. The van der Waals surface area contributed by atoms with Crippen molar-refractivity contribution in [2.24, 2.45) is 0 Å².